The average molecular weight is 212 g/mol. The highest BCUT2D eigenvalue weighted by atomic mass is 16.3. The molecule has 0 aliphatic heterocycles. The Morgan fingerprint density at radius 1 is 1.00 bits per heavy atom. The van der Waals surface area contributed by atoms with Gasteiger partial charge in [0.1, 0.15) is 5.75 Å². The van der Waals surface area contributed by atoms with Crippen molar-refractivity contribution in [3.05, 3.63) is 65.2 Å². The molecule has 2 rings (SSSR count). The van der Waals surface area contributed by atoms with Gasteiger partial charge in [0.05, 0.1) is 0 Å². The fourth-order valence-electron chi connectivity index (χ4n) is 1.55. The average Bonchev–Trinajstić information content (AvgIpc) is 2.33. The Morgan fingerprint density at radius 2 is 1.69 bits per heavy atom. The molecule has 0 spiro atoms. The third kappa shape index (κ3) is 1.96. The molecule has 0 saturated carbocycles. The number of ketones is 1. The topological polar surface area (TPSA) is 37.3 Å². The summed E-state index contributed by atoms with van der Waals surface area (Å²) >= 11 is 0. The molecule has 0 heterocycles. The number of benzene rings is 2. The Labute approximate surface area is 94.2 Å². The molecule has 0 atom stereocenters. The second kappa shape index (κ2) is 4.19. The van der Waals surface area contributed by atoms with Crippen LogP contribution in [-0.2, 0) is 0 Å². The van der Waals surface area contributed by atoms with E-state index in [0.29, 0.717) is 16.7 Å². The summed E-state index contributed by atoms with van der Waals surface area (Å²) in [7, 11) is 0. The summed E-state index contributed by atoms with van der Waals surface area (Å²) in [5.74, 6) is 0.188. The van der Waals surface area contributed by atoms with Gasteiger partial charge in [-0.1, -0.05) is 30.3 Å². The van der Waals surface area contributed by atoms with Crippen LogP contribution in [0.4, 0.5) is 0 Å². The van der Waals surface area contributed by atoms with Gasteiger partial charge in [-0.2, -0.15) is 0 Å². The van der Waals surface area contributed by atoms with E-state index in [1.165, 1.54) is 0 Å². The van der Waals surface area contributed by atoms with Crippen molar-refractivity contribution in [1.82, 2.24) is 0 Å². The van der Waals surface area contributed by atoms with Gasteiger partial charge in [-0.25, -0.2) is 0 Å². The molecule has 1 N–H and O–H groups in total. The van der Waals surface area contributed by atoms with Crippen molar-refractivity contribution in [2.75, 3.05) is 0 Å². The van der Waals surface area contributed by atoms with E-state index in [1.807, 2.05) is 18.2 Å². The van der Waals surface area contributed by atoms with Crippen LogP contribution in [0, 0.1) is 6.92 Å². The lowest BCUT2D eigenvalue weighted by atomic mass is 10.0. The summed E-state index contributed by atoms with van der Waals surface area (Å²) < 4.78 is 0. The third-order valence-corrected chi connectivity index (χ3v) is 2.49. The van der Waals surface area contributed by atoms with Crippen LogP contribution in [0.2, 0.25) is 0 Å². The first-order chi connectivity index (χ1) is 7.68. The Kier molecular flexibility index (Phi) is 2.73. The maximum absolute atomic E-state index is 12.0. The molecule has 16 heavy (non-hydrogen) atoms. The summed E-state index contributed by atoms with van der Waals surface area (Å²) in [5, 5.41) is 9.38. The van der Waals surface area contributed by atoms with Crippen molar-refractivity contribution in [3.8, 4) is 5.75 Å². The van der Waals surface area contributed by atoms with E-state index in [0.717, 1.165) is 0 Å². The van der Waals surface area contributed by atoms with E-state index < -0.39 is 0 Å². The number of carbonyl (C=O) groups is 1. The maximum Gasteiger partial charge on any atom is 0.193 e. The predicted molar refractivity (Wildman–Crippen MR) is 62.7 cm³/mol. The summed E-state index contributed by atoms with van der Waals surface area (Å²) in [4.78, 5) is 12.0. The summed E-state index contributed by atoms with van der Waals surface area (Å²) in [5.41, 5.74) is 1.97. The number of aromatic hydroxyl groups is 1. The van der Waals surface area contributed by atoms with E-state index in [4.69, 9.17) is 0 Å². The number of phenolic OH excluding ortho intramolecular Hbond substituents is 1. The molecular formula is C14H12O2. The summed E-state index contributed by atoms with van der Waals surface area (Å²) in [6.07, 6.45) is 0. The third-order valence-electron chi connectivity index (χ3n) is 2.49. The van der Waals surface area contributed by atoms with Crippen LogP contribution in [-0.4, -0.2) is 10.9 Å². The Morgan fingerprint density at radius 3 is 2.31 bits per heavy atom. The number of hydrogen-bond donors (Lipinski definition) is 1. The van der Waals surface area contributed by atoms with Crippen LogP contribution in [0.1, 0.15) is 21.5 Å². The van der Waals surface area contributed by atoms with E-state index in [9.17, 15) is 9.90 Å². The van der Waals surface area contributed by atoms with Crippen LogP contribution < -0.4 is 0 Å². The molecule has 2 heteroatoms. The first kappa shape index (κ1) is 10.4. The molecule has 0 bridgehead atoms. The van der Waals surface area contributed by atoms with Crippen molar-refractivity contribution in [2.24, 2.45) is 0 Å². The number of phenols is 1. The fraction of sp³-hybridized carbons (Fsp3) is 0.0714. The summed E-state index contributed by atoms with van der Waals surface area (Å²) in [6, 6.07) is 14.0. The molecule has 0 aliphatic carbocycles. The van der Waals surface area contributed by atoms with Crippen LogP contribution in [0.25, 0.3) is 0 Å². The second-order valence-corrected chi connectivity index (χ2v) is 3.70. The lowest BCUT2D eigenvalue weighted by Crippen LogP contribution is -2.00. The van der Waals surface area contributed by atoms with Gasteiger partial charge in [-0.15, -0.1) is 0 Å². The first-order valence-corrected chi connectivity index (χ1v) is 5.08. The molecule has 2 aromatic rings. The van der Waals surface area contributed by atoms with Gasteiger partial charge in [0.15, 0.2) is 5.78 Å². The van der Waals surface area contributed by atoms with Gasteiger partial charge in [-0.05, 0) is 30.7 Å². The van der Waals surface area contributed by atoms with Crippen molar-refractivity contribution < 1.29 is 9.90 Å². The second-order valence-electron chi connectivity index (χ2n) is 3.70. The first-order valence-electron chi connectivity index (χ1n) is 5.08. The van der Waals surface area contributed by atoms with E-state index >= 15 is 0 Å². The number of hydrogen-bond acceptors (Lipinski definition) is 2. The van der Waals surface area contributed by atoms with Crippen LogP contribution in [0.5, 0.6) is 5.75 Å². The van der Waals surface area contributed by atoms with Crippen molar-refractivity contribution in [2.45, 2.75) is 6.92 Å². The Balaban J connectivity index is 2.39. The van der Waals surface area contributed by atoms with Crippen LogP contribution in [0.15, 0.2) is 48.5 Å². The molecule has 0 amide bonds. The largest absolute Gasteiger partial charge is 0.508 e. The lowest BCUT2D eigenvalue weighted by molar-refractivity contribution is 0.103. The monoisotopic (exact) mass is 212 g/mol. The Bertz CT molecular complexity index is 516. The van der Waals surface area contributed by atoms with E-state index in [1.54, 1.807) is 37.3 Å². The molecule has 2 aromatic carbocycles. The quantitative estimate of drug-likeness (QED) is 0.777. The fourth-order valence-corrected chi connectivity index (χ4v) is 1.55. The van der Waals surface area contributed by atoms with Crippen LogP contribution in [0.3, 0.4) is 0 Å². The number of aryl methyl sites for hydroxylation is 1. The summed E-state index contributed by atoms with van der Waals surface area (Å²) in [6.45, 7) is 1.77. The van der Waals surface area contributed by atoms with Crippen LogP contribution >= 0.6 is 0 Å². The lowest BCUT2D eigenvalue weighted by Gasteiger charge is -2.03. The SMILES string of the molecule is Cc1cc(C(=O)c2ccccc2)ccc1O. The van der Waals surface area contributed by atoms with E-state index in [-0.39, 0.29) is 11.5 Å². The predicted octanol–water partition coefficient (Wildman–Crippen LogP) is 2.93. The van der Waals surface area contributed by atoms with E-state index in [2.05, 4.69) is 0 Å². The Hall–Kier alpha value is -2.09. The van der Waals surface area contributed by atoms with Gasteiger partial charge in [0.25, 0.3) is 0 Å². The molecule has 0 saturated heterocycles. The zero-order chi connectivity index (χ0) is 11.5. The molecular weight excluding hydrogens is 200 g/mol. The minimum Gasteiger partial charge on any atom is -0.508 e. The highest BCUT2D eigenvalue weighted by Gasteiger charge is 2.09. The minimum atomic E-state index is -0.0244. The van der Waals surface area contributed by atoms with Gasteiger partial charge in [0, 0.05) is 11.1 Å². The minimum absolute atomic E-state index is 0.0244. The molecule has 0 radical (unpaired) electrons. The standard InChI is InChI=1S/C14H12O2/c1-10-9-12(7-8-13(10)15)14(16)11-5-3-2-4-6-11/h2-9,15H,1H3. The molecule has 0 aromatic heterocycles. The zero-order valence-corrected chi connectivity index (χ0v) is 8.97. The van der Waals surface area contributed by atoms with Gasteiger partial charge in [0.2, 0.25) is 0 Å². The maximum atomic E-state index is 12.0. The molecule has 0 unspecified atom stereocenters. The van der Waals surface area contributed by atoms with Gasteiger partial charge >= 0.3 is 0 Å². The molecule has 0 aliphatic rings. The van der Waals surface area contributed by atoms with Crippen molar-refractivity contribution >= 4 is 5.78 Å². The zero-order valence-electron chi connectivity index (χ0n) is 8.97. The van der Waals surface area contributed by atoms with Crippen molar-refractivity contribution in [3.63, 3.8) is 0 Å². The normalized spacial score (nSPS) is 10.1. The van der Waals surface area contributed by atoms with Crippen molar-refractivity contribution in [1.29, 1.82) is 0 Å². The molecule has 2 nitrogen and oxygen atoms in total. The molecule has 80 valence electrons. The highest BCUT2D eigenvalue weighted by molar-refractivity contribution is 6.09. The van der Waals surface area contributed by atoms with Gasteiger partial charge < -0.3 is 5.11 Å². The number of carbonyl (C=O) groups excluding carboxylic acids is 1. The smallest absolute Gasteiger partial charge is 0.193 e. The van der Waals surface area contributed by atoms with Gasteiger partial charge in [-0.3, -0.25) is 4.79 Å². The number of rotatable bonds is 2. The molecule has 0 fully saturated rings. The highest BCUT2D eigenvalue weighted by Crippen LogP contribution is 2.19.